The molecule has 0 spiro atoms. The van der Waals surface area contributed by atoms with Crippen LogP contribution in [0.5, 0.6) is 5.75 Å². The molecule has 82 valence electrons. The number of anilines is 1. The van der Waals surface area contributed by atoms with Gasteiger partial charge in [0.1, 0.15) is 11.3 Å². The second-order valence-electron chi connectivity index (χ2n) is 2.78. The van der Waals surface area contributed by atoms with E-state index < -0.39 is 0 Å². The third kappa shape index (κ3) is 2.46. The first kappa shape index (κ1) is 11.9. The van der Waals surface area contributed by atoms with Gasteiger partial charge in [0.05, 0.1) is 5.34 Å². The van der Waals surface area contributed by atoms with E-state index >= 15 is 0 Å². The average Bonchev–Trinajstić information content (AvgIpc) is 2.45. The lowest BCUT2D eigenvalue weighted by atomic mass is 10.2. The van der Waals surface area contributed by atoms with Crippen molar-refractivity contribution in [2.75, 3.05) is 11.1 Å². The Hall–Kier alpha value is -1.13. The monoisotopic (exact) mass is 247 g/mol. The molecule has 2 aromatic rings. The number of para-hydroxylation sites is 1. The summed E-state index contributed by atoms with van der Waals surface area (Å²) in [5.41, 5.74) is 6.28. The molecule has 0 aliphatic carbocycles. The Kier molecular flexibility index (Phi) is 4.05. The van der Waals surface area contributed by atoms with Gasteiger partial charge in [0.25, 0.3) is 0 Å². The van der Waals surface area contributed by atoms with Gasteiger partial charge >= 0.3 is 0 Å². The fourth-order valence-corrected chi connectivity index (χ4v) is 1.34. The van der Waals surface area contributed by atoms with E-state index in [1.807, 2.05) is 6.07 Å². The smallest absolute Gasteiger partial charge is 0.153 e. The van der Waals surface area contributed by atoms with E-state index in [9.17, 15) is 5.11 Å². The number of fused-ring (bicyclic) bond motifs is 1. The van der Waals surface area contributed by atoms with Crippen molar-refractivity contribution in [2.24, 2.45) is 7.05 Å². The molecule has 0 saturated heterocycles. The van der Waals surface area contributed by atoms with Gasteiger partial charge in [-0.05, 0) is 12.1 Å². The minimum absolute atomic E-state index is 0.194. The third-order valence-corrected chi connectivity index (χ3v) is 1.87. The van der Waals surface area contributed by atoms with E-state index in [0.29, 0.717) is 11.3 Å². The van der Waals surface area contributed by atoms with Gasteiger partial charge in [0.2, 0.25) is 0 Å². The fraction of sp³-hybridized carbons (Fsp3) is 0.222. The first-order chi connectivity index (χ1) is 7.11. The van der Waals surface area contributed by atoms with Crippen molar-refractivity contribution in [3.05, 3.63) is 18.2 Å². The summed E-state index contributed by atoms with van der Waals surface area (Å²) in [5.74, 6) is 0.655. The standard InChI is InChI=1S/C8H9N3O.CH2Cl2/c1-11-7-5(8(9)10-11)3-2-4-6(7)12;2-1-3/h2-4,12H,1H3,(H2,9,10);1H2. The van der Waals surface area contributed by atoms with Crippen LogP contribution in [0.3, 0.4) is 0 Å². The lowest BCUT2D eigenvalue weighted by Gasteiger charge is -1.95. The molecule has 6 heteroatoms. The van der Waals surface area contributed by atoms with Gasteiger partial charge in [-0.3, -0.25) is 4.68 Å². The molecule has 1 aromatic heterocycles. The highest BCUT2D eigenvalue weighted by atomic mass is 35.5. The number of aromatic hydroxyl groups is 1. The number of halogens is 2. The first-order valence-electron chi connectivity index (χ1n) is 4.14. The lowest BCUT2D eigenvalue weighted by Crippen LogP contribution is -1.91. The van der Waals surface area contributed by atoms with Gasteiger partial charge in [0.15, 0.2) is 5.82 Å². The van der Waals surface area contributed by atoms with Crippen molar-refractivity contribution in [3.63, 3.8) is 0 Å². The van der Waals surface area contributed by atoms with E-state index in [0.717, 1.165) is 5.39 Å². The minimum Gasteiger partial charge on any atom is -0.506 e. The van der Waals surface area contributed by atoms with E-state index in [2.05, 4.69) is 5.10 Å². The first-order valence-corrected chi connectivity index (χ1v) is 5.20. The highest BCUT2D eigenvalue weighted by Gasteiger charge is 2.07. The summed E-state index contributed by atoms with van der Waals surface area (Å²) < 4.78 is 1.57. The van der Waals surface area contributed by atoms with Gasteiger partial charge in [0, 0.05) is 12.4 Å². The van der Waals surface area contributed by atoms with E-state index in [1.165, 1.54) is 0 Å². The molecule has 0 saturated carbocycles. The van der Waals surface area contributed by atoms with E-state index in [1.54, 1.807) is 23.9 Å². The van der Waals surface area contributed by atoms with Crippen LogP contribution in [0.4, 0.5) is 5.82 Å². The minimum atomic E-state index is 0.194. The van der Waals surface area contributed by atoms with Gasteiger partial charge < -0.3 is 10.8 Å². The quantitative estimate of drug-likeness (QED) is 0.703. The molecule has 0 aliphatic rings. The van der Waals surface area contributed by atoms with Crippen LogP contribution in [0.15, 0.2) is 18.2 Å². The van der Waals surface area contributed by atoms with Crippen LogP contribution in [-0.4, -0.2) is 20.2 Å². The topological polar surface area (TPSA) is 64.1 Å². The Bertz CT molecular complexity index is 456. The number of nitrogens with two attached hydrogens (primary N) is 1. The maximum absolute atomic E-state index is 9.45. The summed E-state index contributed by atoms with van der Waals surface area (Å²) in [6, 6.07) is 5.19. The van der Waals surface area contributed by atoms with Crippen LogP contribution in [-0.2, 0) is 7.05 Å². The average molecular weight is 248 g/mol. The molecule has 1 heterocycles. The Labute approximate surface area is 97.2 Å². The highest BCUT2D eigenvalue weighted by Crippen LogP contribution is 2.27. The van der Waals surface area contributed by atoms with Crippen LogP contribution in [0, 0.1) is 0 Å². The summed E-state index contributed by atoms with van der Waals surface area (Å²) in [4.78, 5) is 0. The Balaban J connectivity index is 0.000000337. The van der Waals surface area contributed by atoms with Gasteiger partial charge in [-0.15, -0.1) is 23.2 Å². The predicted octanol–water partition coefficient (Wildman–Crippen LogP) is 2.28. The maximum Gasteiger partial charge on any atom is 0.153 e. The molecule has 0 unspecified atom stereocenters. The zero-order chi connectivity index (χ0) is 11.4. The summed E-state index contributed by atoms with van der Waals surface area (Å²) in [6.45, 7) is 0. The summed E-state index contributed by atoms with van der Waals surface area (Å²) in [5, 5.41) is 14.4. The summed E-state index contributed by atoms with van der Waals surface area (Å²) in [6.07, 6.45) is 0. The molecular weight excluding hydrogens is 237 g/mol. The molecule has 0 bridgehead atoms. The molecule has 15 heavy (non-hydrogen) atoms. The molecule has 2 rings (SSSR count). The molecule has 4 nitrogen and oxygen atoms in total. The van der Waals surface area contributed by atoms with Crippen LogP contribution < -0.4 is 5.73 Å². The Morgan fingerprint density at radius 2 is 2.07 bits per heavy atom. The molecule has 3 N–H and O–H groups in total. The number of nitrogens with zero attached hydrogens (tertiary/aromatic N) is 2. The number of phenols is 1. The number of aromatic nitrogens is 2. The molecule has 0 radical (unpaired) electrons. The Morgan fingerprint density at radius 1 is 1.47 bits per heavy atom. The second-order valence-corrected chi connectivity index (χ2v) is 3.59. The van der Waals surface area contributed by atoms with Gasteiger partial charge in [-0.2, -0.15) is 5.10 Å². The second kappa shape index (κ2) is 5.09. The van der Waals surface area contributed by atoms with Crippen LogP contribution >= 0.6 is 23.2 Å². The van der Waals surface area contributed by atoms with Crippen molar-refractivity contribution in [2.45, 2.75) is 0 Å². The number of aryl methyl sites for hydroxylation is 1. The van der Waals surface area contributed by atoms with Gasteiger partial charge in [-0.25, -0.2) is 0 Å². The highest BCUT2D eigenvalue weighted by molar-refractivity contribution is 6.40. The zero-order valence-electron chi connectivity index (χ0n) is 8.11. The number of hydrogen-bond acceptors (Lipinski definition) is 3. The maximum atomic E-state index is 9.45. The summed E-state index contributed by atoms with van der Waals surface area (Å²) in [7, 11) is 1.75. The fourth-order valence-electron chi connectivity index (χ4n) is 1.34. The van der Waals surface area contributed by atoms with Gasteiger partial charge in [-0.1, -0.05) is 6.07 Å². The largest absolute Gasteiger partial charge is 0.506 e. The number of hydrogen-bond donors (Lipinski definition) is 2. The van der Waals surface area contributed by atoms with Crippen molar-refractivity contribution < 1.29 is 5.11 Å². The summed E-state index contributed by atoms with van der Waals surface area (Å²) >= 11 is 9.53. The number of benzene rings is 1. The van der Waals surface area contributed by atoms with Crippen LogP contribution in [0.1, 0.15) is 0 Å². The number of nitrogen functional groups attached to an aromatic ring is 1. The van der Waals surface area contributed by atoms with E-state index in [4.69, 9.17) is 28.9 Å². The number of alkyl halides is 2. The third-order valence-electron chi connectivity index (χ3n) is 1.87. The van der Waals surface area contributed by atoms with Crippen LogP contribution in [0.25, 0.3) is 10.9 Å². The van der Waals surface area contributed by atoms with Crippen molar-refractivity contribution >= 4 is 39.9 Å². The molecule has 0 atom stereocenters. The van der Waals surface area contributed by atoms with Crippen molar-refractivity contribution in [1.29, 1.82) is 0 Å². The molecular formula is C9H11Cl2N3O. The molecule has 1 aromatic carbocycles. The molecule has 0 fully saturated rings. The number of rotatable bonds is 0. The van der Waals surface area contributed by atoms with E-state index in [-0.39, 0.29) is 11.1 Å². The SMILES string of the molecule is ClCCl.Cn1nc(N)c2cccc(O)c21. The van der Waals surface area contributed by atoms with Crippen LogP contribution in [0.2, 0.25) is 0 Å². The Morgan fingerprint density at radius 3 is 2.60 bits per heavy atom. The van der Waals surface area contributed by atoms with Crippen molar-refractivity contribution in [1.82, 2.24) is 9.78 Å². The zero-order valence-corrected chi connectivity index (χ0v) is 9.63. The number of phenolic OH excluding ortho intramolecular Hbond substituents is 1. The molecule has 0 aliphatic heterocycles. The molecule has 0 amide bonds. The van der Waals surface area contributed by atoms with Crippen molar-refractivity contribution in [3.8, 4) is 5.75 Å². The predicted molar refractivity (Wildman–Crippen MR) is 63.4 cm³/mol. The normalized spacial score (nSPS) is 9.80. The lowest BCUT2D eigenvalue weighted by molar-refractivity contribution is 0.478.